The summed E-state index contributed by atoms with van der Waals surface area (Å²) in [5, 5.41) is 3.25. The summed E-state index contributed by atoms with van der Waals surface area (Å²) in [6.07, 6.45) is 1.02. The molecule has 1 heterocycles. The Morgan fingerprint density at radius 1 is 1.61 bits per heavy atom. The lowest BCUT2D eigenvalue weighted by Crippen LogP contribution is -2.31. The van der Waals surface area contributed by atoms with Gasteiger partial charge in [0, 0.05) is 12.1 Å². The summed E-state index contributed by atoms with van der Waals surface area (Å²) in [4.78, 5) is 11.3. The molecule has 98 valence electrons. The zero-order valence-electron chi connectivity index (χ0n) is 10.4. The fraction of sp³-hybridized carbons (Fsp3) is 0.462. The molecule has 1 aromatic carbocycles. The van der Waals surface area contributed by atoms with E-state index in [4.69, 9.17) is 15.2 Å². The summed E-state index contributed by atoms with van der Waals surface area (Å²) in [6, 6.07) is 5.49. The first-order valence-electron chi connectivity index (χ1n) is 6.14. The summed E-state index contributed by atoms with van der Waals surface area (Å²) in [5.74, 6) is 0.605. The van der Waals surface area contributed by atoms with E-state index in [-0.39, 0.29) is 12.1 Å². The molecule has 18 heavy (non-hydrogen) atoms. The lowest BCUT2D eigenvalue weighted by Gasteiger charge is -2.27. The number of hydrogen-bond acceptors (Lipinski definition) is 5. The second-order valence-corrected chi connectivity index (χ2v) is 4.22. The highest BCUT2D eigenvalue weighted by molar-refractivity contribution is 5.69. The highest BCUT2D eigenvalue weighted by Crippen LogP contribution is 2.31. The lowest BCUT2D eigenvalue weighted by atomic mass is 10.1. The van der Waals surface area contributed by atoms with E-state index in [1.807, 2.05) is 12.1 Å². The van der Waals surface area contributed by atoms with Gasteiger partial charge in [-0.3, -0.25) is 4.79 Å². The smallest absolute Gasteiger partial charge is 0.305 e. The Hall–Kier alpha value is -1.91. The van der Waals surface area contributed by atoms with E-state index in [1.165, 1.54) is 0 Å². The molecule has 0 bridgehead atoms. The van der Waals surface area contributed by atoms with Gasteiger partial charge in [0.2, 0.25) is 0 Å². The molecule has 0 spiro atoms. The molecule has 0 aromatic heterocycles. The van der Waals surface area contributed by atoms with Gasteiger partial charge in [-0.05, 0) is 31.5 Å². The molecule has 0 amide bonds. The van der Waals surface area contributed by atoms with Crippen molar-refractivity contribution in [2.45, 2.75) is 25.9 Å². The van der Waals surface area contributed by atoms with Crippen molar-refractivity contribution in [1.82, 2.24) is 0 Å². The number of rotatable bonds is 4. The highest BCUT2D eigenvalue weighted by atomic mass is 16.5. The molecule has 1 atom stereocenters. The molecule has 3 N–H and O–H groups in total. The minimum absolute atomic E-state index is 0.00877. The number of nitrogen functional groups attached to an aromatic ring is 1. The first-order chi connectivity index (χ1) is 8.69. The molecule has 2 rings (SSSR count). The van der Waals surface area contributed by atoms with E-state index in [0.29, 0.717) is 31.7 Å². The number of nitrogens with two attached hydrogens (primary N) is 1. The van der Waals surface area contributed by atoms with Crippen LogP contribution in [-0.4, -0.2) is 25.2 Å². The number of ether oxygens (including phenoxy) is 2. The number of carbonyl (C=O) groups is 1. The number of carbonyl (C=O) groups excluding carboxylic acids is 1. The highest BCUT2D eigenvalue weighted by Gasteiger charge is 2.20. The van der Waals surface area contributed by atoms with Gasteiger partial charge < -0.3 is 20.5 Å². The molecule has 0 saturated carbocycles. The van der Waals surface area contributed by atoms with Crippen LogP contribution in [0.15, 0.2) is 18.2 Å². The fourth-order valence-corrected chi connectivity index (χ4v) is 1.91. The molecular formula is C13H18N2O3. The Morgan fingerprint density at radius 3 is 3.22 bits per heavy atom. The van der Waals surface area contributed by atoms with Crippen LogP contribution in [0.4, 0.5) is 11.4 Å². The van der Waals surface area contributed by atoms with E-state index in [9.17, 15) is 4.79 Å². The zero-order chi connectivity index (χ0) is 13.0. The largest absolute Gasteiger partial charge is 0.486 e. The van der Waals surface area contributed by atoms with Crippen LogP contribution in [0.2, 0.25) is 0 Å². The van der Waals surface area contributed by atoms with E-state index < -0.39 is 0 Å². The second-order valence-electron chi connectivity index (χ2n) is 4.22. The number of anilines is 2. The second kappa shape index (κ2) is 5.62. The number of fused-ring (bicyclic) bond motifs is 1. The van der Waals surface area contributed by atoms with Gasteiger partial charge in [-0.15, -0.1) is 0 Å². The summed E-state index contributed by atoms with van der Waals surface area (Å²) < 4.78 is 10.7. The molecular weight excluding hydrogens is 232 g/mol. The van der Waals surface area contributed by atoms with Gasteiger partial charge in [-0.25, -0.2) is 0 Å². The van der Waals surface area contributed by atoms with E-state index >= 15 is 0 Å². The zero-order valence-corrected chi connectivity index (χ0v) is 10.4. The third kappa shape index (κ3) is 3.06. The quantitative estimate of drug-likeness (QED) is 0.629. The lowest BCUT2D eigenvalue weighted by molar-refractivity contribution is -0.143. The van der Waals surface area contributed by atoms with Crippen molar-refractivity contribution in [2.75, 3.05) is 24.2 Å². The number of hydrogen-bond donors (Lipinski definition) is 2. The van der Waals surface area contributed by atoms with Gasteiger partial charge in [0.05, 0.1) is 18.8 Å². The molecule has 5 heteroatoms. The van der Waals surface area contributed by atoms with Crippen LogP contribution in [0.3, 0.4) is 0 Å². The van der Waals surface area contributed by atoms with Crippen LogP contribution in [0.25, 0.3) is 0 Å². The van der Waals surface area contributed by atoms with Crippen molar-refractivity contribution in [2.24, 2.45) is 0 Å². The van der Waals surface area contributed by atoms with Crippen molar-refractivity contribution in [1.29, 1.82) is 0 Å². The predicted molar refractivity (Wildman–Crippen MR) is 69.6 cm³/mol. The topological polar surface area (TPSA) is 73.6 Å². The van der Waals surface area contributed by atoms with Crippen LogP contribution in [0.1, 0.15) is 19.8 Å². The van der Waals surface area contributed by atoms with Crippen LogP contribution in [0, 0.1) is 0 Å². The minimum Gasteiger partial charge on any atom is -0.486 e. The number of esters is 1. The third-order valence-electron chi connectivity index (χ3n) is 2.79. The van der Waals surface area contributed by atoms with E-state index in [1.54, 1.807) is 13.0 Å². The first kappa shape index (κ1) is 12.5. The van der Waals surface area contributed by atoms with Gasteiger partial charge in [0.1, 0.15) is 11.9 Å². The average Bonchev–Trinajstić information content (AvgIpc) is 2.36. The summed E-state index contributed by atoms with van der Waals surface area (Å²) in [5.41, 5.74) is 7.30. The summed E-state index contributed by atoms with van der Waals surface area (Å²) in [7, 11) is 0. The molecule has 1 aliphatic rings. The monoisotopic (exact) mass is 250 g/mol. The molecule has 5 nitrogen and oxygen atoms in total. The van der Waals surface area contributed by atoms with Crippen LogP contribution < -0.4 is 15.8 Å². The van der Waals surface area contributed by atoms with Crippen molar-refractivity contribution in [3.05, 3.63) is 18.2 Å². The van der Waals surface area contributed by atoms with Gasteiger partial charge in [-0.2, -0.15) is 0 Å². The van der Waals surface area contributed by atoms with Gasteiger partial charge in [-0.1, -0.05) is 0 Å². The van der Waals surface area contributed by atoms with Gasteiger partial charge >= 0.3 is 5.97 Å². The van der Waals surface area contributed by atoms with E-state index in [2.05, 4.69) is 5.32 Å². The maximum Gasteiger partial charge on any atom is 0.305 e. The van der Waals surface area contributed by atoms with Crippen LogP contribution in [-0.2, 0) is 9.53 Å². The van der Waals surface area contributed by atoms with Crippen molar-refractivity contribution in [3.63, 3.8) is 0 Å². The number of benzene rings is 1. The van der Waals surface area contributed by atoms with E-state index in [0.717, 1.165) is 11.4 Å². The van der Waals surface area contributed by atoms with Crippen LogP contribution >= 0.6 is 0 Å². The maximum atomic E-state index is 11.3. The Balaban J connectivity index is 1.88. The molecule has 0 fully saturated rings. The third-order valence-corrected chi connectivity index (χ3v) is 2.79. The Labute approximate surface area is 106 Å². The fourth-order valence-electron chi connectivity index (χ4n) is 1.91. The minimum atomic E-state index is -0.177. The van der Waals surface area contributed by atoms with Crippen LogP contribution in [0.5, 0.6) is 5.75 Å². The Morgan fingerprint density at radius 2 is 2.44 bits per heavy atom. The first-order valence-corrected chi connectivity index (χ1v) is 6.14. The van der Waals surface area contributed by atoms with Gasteiger partial charge in [0.25, 0.3) is 0 Å². The molecule has 0 aliphatic carbocycles. The normalized spacial score (nSPS) is 17.3. The standard InChI is InChI=1S/C13H18N2O3/c1-2-17-13(16)6-4-10-8-15-11-7-9(14)3-5-12(11)18-10/h3,5,7,10,15H,2,4,6,8,14H2,1H3. The molecule has 1 unspecified atom stereocenters. The average molecular weight is 250 g/mol. The maximum absolute atomic E-state index is 11.3. The number of nitrogens with one attached hydrogen (secondary N) is 1. The SMILES string of the molecule is CCOC(=O)CCC1CNc2cc(N)ccc2O1. The van der Waals surface area contributed by atoms with Crippen molar-refractivity contribution >= 4 is 17.3 Å². The van der Waals surface area contributed by atoms with Crippen molar-refractivity contribution in [3.8, 4) is 5.75 Å². The summed E-state index contributed by atoms with van der Waals surface area (Å²) in [6.45, 7) is 2.90. The molecule has 1 aliphatic heterocycles. The molecule has 1 aromatic rings. The van der Waals surface area contributed by atoms with Gasteiger partial charge in [0.15, 0.2) is 0 Å². The molecule has 0 radical (unpaired) electrons. The Bertz CT molecular complexity index is 434. The molecule has 0 saturated heterocycles. The van der Waals surface area contributed by atoms with Crippen molar-refractivity contribution < 1.29 is 14.3 Å². The summed E-state index contributed by atoms with van der Waals surface area (Å²) >= 11 is 0. The Kier molecular flexibility index (Phi) is 3.92. The predicted octanol–water partition coefficient (Wildman–Crippen LogP) is 1.79.